The number of carbonyl (C=O) groups excluding carboxylic acids is 1. The summed E-state index contributed by atoms with van der Waals surface area (Å²) in [5.74, 6) is 0.0953. The van der Waals surface area contributed by atoms with Crippen molar-refractivity contribution < 1.29 is 4.79 Å². The highest BCUT2D eigenvalue weighted by atomic mass is 16.2. The summed E-state index contributed by atoms with van der Waals surface area (Å²) in [7, 11) is 3.05. The van der Waals surface area contributed by atoms with Crippen molar-refractivity contribution in [3.63, 3.8) is 0 Å². The molecule has 0 fully saturated rings. The molecule has 0 aliphatic rings. The van der Waals surface area contributed by atoms with E-state index < -0.39 is 5.69 Å². The van der Waals surface area contributed by atoms with E-state index >= 15 is 0 Å². The predicted molar refractivity (Wildman–Crippen MR) is 116 cm³/mol. The molecular formula is C22H29N5O3. The molecule has 160 valence electrons. The van der Waals surface area contributed by atoms with Crippen molar-refractivity contribution in [3.8, 4) is 0 Å². The van der Waals surface area contributed by atoms with E-state index in [1.165, 1.54) is 11.6 Å². The topological polar surface area (TPSA) is 82.1 Å². The van der Waals surface area contributed by atoms with E-state index in [0.717, 1.165) is 16.6 Å². The maximum atomic E-state index is 12.9. The van der Waals surface area contributed by atoms with Crippen LogP contribution >= 0.6 is 0 Å². The van der Waals surface area contributed by atoms with Crippen LogP contribution in [0.25, 0.3) is 11.2 Å². The molecule has 0 saturated carbocycles. The molecule has 3 aromatic rings. The van der Waals surface area contributed by atoms with Gasteiger partial charge in [-0.15, -0.1) is 0 Å². The van der Waals surface area contributed by atoms with Gasteiger partial charge in [0.05, 0.1) is 6.33 Å². The van der Waals surface area contributed by atoms with Gasteiger partial charge in [-0.3, -0.25) is 18.7 Å². The molecule has 30 heavy (non-hydrogen) atoms. The van der Waals surface area contributed by atoms with Crippen LogP contribution in [-0.2, 0) is 32.0 Å². The molecule has 1 aromatic carbocycles. The van der Waals surface area contributed by atoms with E-state index in [0.29, 0.717) is 37.1 Å². The average Bonchev–Trinajstić information content (AvgIpc) is 3.18. The van der Waals surface area contributed by atoms with E-state index in [2.05, 4.69) is 18.8 Å². The van der Waals surface area contributed by atoms with Gasteiger partial charge >= 0.3 is 5.69 Å². The maximum Gasteiger partial charge on any atom is 0.332 e. The number of imidazole rings is 1. The first-order chi connectivity index (χ1) is 14.3. The standard InChI is InChI=1S/C22H29N5O3/c1-5-16(2)27(14-17-10-7-6-8-11-17)18(28)12-9-13-26-15-23-20-19(26)21(29)25(4)22(30)24(20)3/h6-8,10-11,15-16H,5,9,12-14H2,1-4H3. The van der Waals surface area contributed by atoms with Gasteiger partial charge in [0, 0.05) is 39.6 Å². The SMILES string of the molecule is CCC(C)N(Cc1ccccc1)C(=O)CCCn1cnc2c1c(=O)n(C)c(=O)n2C. The molecule has 0 N–H and O–H groups in total. The first kappa shape index (κ1) is 21.5. The molecule has 8 nitrogen and oxygen atoms in total. The van der Waals surface area contributed by atoms with Crippen molar-refractivity contribution >= 4 is 17.1 Å². The lowest BCUT2D eigenvalue weighted by molar-refractivity contribution is -0.134. The van der Waals surface area contributed by atoms with E-state index in [1.807, 2.05) is 35.2 Å². The number of hydrogen-bond acceptors (Lipinski definition) is 4. The summed E-state index contributed by atoms with van der Waals surface area (Å²) in [6.07, 6.45) is 3.40. The first-order valence-electron chi connectivity index (χ1n) is 10.3. The summed E-state index contributed by atoms with van der Waals surface area (Å²) in [6.45, 7) is 5.21. The van der Waals surface area contributed by atoms with Gasteiger partial charge < -0.3 is 9.47 Å². The number of rotatable bonds is 8. The average molecular weight is 412 g/mol. The minimum atomic E-state index is -0.405. The molecule has 1 unspecified atom stereocenters. The van der Waals surface area contributed by atoms with Crippen molar-refractivity contribution in [1.82, 2.24) is 23.6 Å². The lowest BCUT2D eigenvalue weighted by atomic mass is 10.1. The van der Waals surface area contributed by atoms with Gasteiger partial charge in [-0.1, -0.05) is 37.3 Å². The molecule has 0 bridgehead atoms. The third-order valence-electron chi connectivity index (χ3n) is 5.65. The number of amides is 1. The summed E-state index contributed by atoms with van der Waals surface area (Å²) < 4.78 is 4.17. The van der Waals surface area contributed by atoms with E-state index in [4.69, 9.17) is 0 Å². The van der Waals surface area contributed by atoms with Crippen molar-refractivity contribution in [2.75, 3.05) is 0 Å². The van der Waals surface area contributed by atoms with Crippen LogP contribution < -0.4 is 11.2 Å². The summed E-state index contributed by atoms with van der Waals surface area (Å²) in [6, 6.07) is 10.1. The molecule has 1 atom stereocenters. The highest BCUT2D eigenvalue weighted by Crippen LogP contribution is 2.14. The molecule has 2 heterocycles. The molecular weight excluding hydrogens is 382 g/mol. The summed E-state index contributed by atoms with van der Waals surface area (Å²) in [4.78, 5) is 43.7. The minimum absolute atomic E-state index is 0.0953. The quantitative estimate of drug-likeness (QED) is 0.568. The van der Waals surface area contributed by atoms with Gasteiger partial charge in [0.1, 0.15) is 0 Å². The fourth-order valence-electron chi connectivity index (χ4n) is 3.60. The minimum Gasteiger partial charge on any atom is -0.336 e. The third kappa shape index (κ3) is 4.22. The lowest BCUT2D eigenvalue weighted by Gasteiger charge is -2.29. The lowest BCUT2D eigenvalue weighted by Crippen LogP contribution is -2.38. The maximum absolute atomic E-state index is 12.9. The van der Waals surface area contributed by atoms with Crippen LogP contribution in [0.15, 0.2) is 46.2 Å². The van der Waals surface area contributed by atoms with Crippen LogP contribution in [0.1, 0.15) is 38.7 Å². The Kier molecular flexibility index (Phi) is 6.54. The zero-order valence-electron chi connectivity index (χ0n) is 18.0. The zero-order chi connectivity index (χ0) is 21.8. The fourth-order valence-corrected chi connectivity index (χ4v) is 3.60. The number of hydrogen-bond donors (Lipinski definition) is 0. The molecule has 0 spiro atoms. The van der Waals surface area contributed by atoms with Gasteiger partial charge in [-0.25, -0.2) is 9.78 Å². The molecule has 0 aliphatic heterocycles. The molecule has 0 saturated heterocycles. The highest BCUT2D eigenvalue weighted by molar-refractivity contribution is 5.76. The monoisotopic (exact) mass is 411 g/mol. The van der Waals surface area contributed by atoms with Crippen molar-refractivity contribution in [1.29, 1.82) is 0 Å². The summed E-state index contributed by atoms with van der Waals surface area (Å²) in [5, 5.41) is 0. The number of fused-ring (bicyclic) bond motifs is 1. The molecule has 8 heteroatoms. The van der Waals surface area contributed by atoms with E-state index in [1.54, 1.807) is 17.9 Å². The second kappa shape index (κ2) is 9.11. The Labute approximate surface area is 175 Å². The van der Waals surface area contributed by atoms with Crippen LogP contribution in [0.3, 0.4) is 0 Å². The second-order valence-corrected chi connectivity index (χ2v) is 7.68. The van der Waals surface area contributed by atoms with Crippen LogP contribution in [-0.4, -0.2) is 35.5 Å². The van der Waals surface area contributed by atoms with Crippen LogP contribution in [0, 0.1) is 0 Å². The van der Waals surface area contributed by atoms with Gasteiger partial charge in [0.15, 0.2) is 11.2 Å². The molecule has 3 rings (SSSR count). The van der Waals surface area contributed by atoms with Crippen molar-refractivity contribution in [2.45, 2.75) is 52.2 Å². The van der Waals surface area contributed by atoms with Gasteiger partial charge in [-0.2, -0.15) is 0 Å². The van der Waals surface area contributed by atoms with Crippen molar-refractivity contribution in [2.24, 2.45) is 14.1 Å². The predicted octanol–water partition coefficient (Wildman–Crippen LogP) is 2.04. The number of carbonyl (C=O) groups is 1. The van der Waals surface area contributed by atoms with E-state index in [-0.39, 0.29) is 17.5 Å². The zero-order valence-corrected chi connectivity index (χ0v) is 18.0. The van der Waals surface area contributed by atoms with E-state index in [9.17, 15) is 14.4 Å². The highest BCUT2D eigenvalue weighted by Gasteiger charge is 2.19. The summed E-state index contributed by atoms with van der Waals surface area (Å²) in [5.41, 5.74) is 1.08. The Morgan fingerprint density at radius 1 is 1.13 bits per heavy atom. The second-order valence-electron chi connectivity index (χ2n) is 7.68. The molecule has 1 amide bonds. The van der Waals surface area contributed by atoms with Crippen LogP contribution in [0.2, 0.25) is 0 Å². The molecule has 0 radical (unpaired) electrons. The summed E-state index contributed by atoms with van der Waals surface area (Å²) >= 11 is 0. The normalized spacial score (nSPS) is 12.3. The van der Waals surface area contributed by atoms with Crippen LogP contribution in [0.4, 0.5) is 0 Å². The Morgan fingerprint density at radius 2 is 1.83 bits per heavy atom. The van der Waals surface area contributed by atoms with Crippen LogP contribution in [0.5, 0.6) is 0 Å². The first-order valence-corrected chi connectivity index (χ1v) is 10.3. The number of benzene rings is 1. The largest absolute Gasteiger partial charge is 0.336 e. The Hall–Kier alpha value is -3.16. The fraction of sp³-hybridized carbons (Fsp3) is 0.455. The smallest absolute Gasteiger partial charge is 0.332 e. The number of nitrogens with zero attached hydrogens (tertiary/aromatic N) is 5. The number of aromatic nitrogens is 4. The van der Waals surface area contributed by atoms with Gasteiger partial charge in [0.2, 0.25) is 5.91 Å². The van der Waals surface area contributed by atoms with Crippen molar-refractivity contribution in [3.05, 3.63) is 63.1 Å². The van der Waals surface area contributed by atoms with Gasteiger partial charge in [-0.05, 0) is 25.3 Å². The Morgan fingerprint density at radius 3 is 2.50 bits per heavy atom. The third-order valence-corrected chi connectivity index (χ3v) is 5.65. The molecule has 0 aliphatic carbocycles. The van der Waals surface area contributed by atoms with Gasteiger partial charge in [0.25, 0.3) is 5.56 Å². The Bertz CT molecular complexity index is 1140. The molecule has 2 aromatic heterocycles. The Balaban J connectivity index is 1.72. The number of aryl methyl sites for hydroxylation is 2.